The number of hydrogen-bond acceptors (Lipinski definition) is 1. The van der Waals surface area contributed by atoms with Crippen LogP contribution in [0.5, 0.6) is 0 Å². The lowest BCUT2D eigenvalue weighted by molar-refractivity contribution is 0.515. The molecule has 3 aromatic rings. The van der Waals surface area contributed by atoms with E-state index < -0.39 is 23.0 Å². The average Bonchev–Trinajstić information content (AvgIpc) is 2.43. The van der Waals surface area contributed by atoms with Gasteiger partial charge < -0.3 is 4.98 Å². The van der Waals surface area contributed by atoms with Crippen molar-refractivity contribution in [3.05, 3.63) is 57.6 Å². The van der Waals surface area contributed by atoms with Crippen molar-refractivity contribution in [2.24, 2.45) is 0 Å². The molecule has 0 saturated carbocycles. The largest absolute Gasteiger partial charge is 0.319 e. The van der Waals surface area contributed by atoms with Crippen molar-refractivity contribution in [3.63, 3.8) is 0 Å². The van der Waals surface area contributed by atoms with Crippen molar-refractivity contribution in [1.29, 1.82) is 0 Å². The van der Waals surface area contributed by atoms with Crippen molar-refractivity contribution in [2.45, 2.75) is 19.8 Å². The van der Waals surface area contributed by atoms with Crippen LogP contribution in [0.1, 0.15) is 26.8 Å². The molecule has 2 aromatic carbocycles. The van der Waals surface area contributed by atoms with Crippen LogP contribution in [0.15, 0.2) is 29.1 Å². The number of nitrogens with one attached hydrogen (secondary N) is 1. The van der Waals surface area contributed by atoms with Gasteiger partial charge in [0.1, 0.15) is 5.82 Å². The molecule has 110 valence electrons. The summed E-state index contributed by atoms with van der Waals surface area (Å²) in [6.07, 6.45) is 0. The van der Waals surface area contributed by atoms with E-state index in [2.05, 4.69) is 4.98 Å². The van der Waals surface area contributed by atoms with Gasteiger partial charge in [0.2, 0.25) is 0 Å². The fourth-order valence-corrected chi connectivity index (χ4v) is 2.52. The summed E-state index contributed by atoms with van der Waals surface area (Å²) in [6, 6.07) is 4.97. The third-order valence-electron chi connectivity index (χ3n) is 3.63. The minimum atomic E-state index is -1.14. The molecule has 0 aliphatic rings. The van der Waals surface area contributed by atoms with Crippen molar-refractivity contribution < 1.29 is 14.6 Å². The summed E-state index contributed by atoms with van der Waals surface area (Å²) in [5.41, 5.74) is -0.400. The van der Waals surface area contributed by atoms with E-state index in [1.165, 1.54) is 18.2 Å². The Labute approximate surface area is 119 Å². The molecule has 21 heavy (non-hydrogen) atoms. The second-order valence-corrected chi connectivity index (χ2v) is 5.31. The van der Waals surface area contributed by atoms with E-state index in [-0.39, 0.29) is 29.0 Å². The van der Waals surface area contributed by atoms with Gasteiger partial charge in [0.05, 0.1) is 5.52 Å². The fourth-order valence-electron chi connectivity index (χ4n) is 2.52. The van der Waals surface area contributed by atoms with E-state index in [0.717, 1.165) is 6.07 Å². The highest BCUT2D eigenvalue weighted by Gasteiger charge is 2.15. The molecule has 1 N–H and O–H groups in total. The van der Waals surface area contributed by atoms with Gasteiger partial charge in [-0.2, -0.15) is 0 Å². The number of H-pyrrole nitrogens is 1. The lowest BCUT2D eigenvalue weighted by atomic mass is 9.97. The summed E-state index contributed by atoms with van der Waals surface area (Å²) in [5.74, 6) is -2.75. The smallest absolute Gasteiger partial charge is 0.256 e. The first-order valence-corrected chi connectivity index (χ1v) is 6.53. The molecule has 2 nitrogen and oxygen atoms in total. The molecule has 1 aromatic heterocycles. The third kappa shape index (κ3) is 2.00. The second-order valence-electron chi connectivity index (χ2n) is 5.31. The SMILES string of the molecule is CC(C)c1cc2c(=O)[nH]c3c(F)c(F)ccc3c2cc1F.[HH]. The molecule has 0 aliphatic heterocycles. The fraction of sp³-hybridized carbons (Fsp3) is 0.188. The Morgan fingerprint density at radius 3 is 2.38 bits per heavy atom. The molecule has 0 atom stereocenters. The topological polar surface area (TPSA) is 32.9 Å². The Balaban J connectivity index is 0.00000176. The Hall–Kier alpha value is -2.30. The van der Waals surface area contributed by atoms with Crippen LogP contribution in [0.4, 0.5) is 13.2 Å². The van der Waals surface area contributed by atoms with Gasteiger partial charge >= 0.3 is 0 Å². The third-order valence-corrected chi connectivity index (χ3v) is 3.63. The predicted octanol–water partition coefficient (Wildman–Crippen LogP) is 4.47. The lowest BCUT2D eigenvalue weighted by Crippen LogP contribution is -2.09. The molecule has 3 rings (SSSR count). The highest BCUT2D eigenvalue weighted by molar-refractivity contribution is 6.05. The van der Waals surface area contributed by atoms with Crippen molar-refractivity contribution in [2.75, 3.05) is 0 Å². The Morgan fingerprint density at radius 1 is 1.00 bits per heavy atom. The molecule has 0 fully saturated rings. The summed E-state index contributed by atoms with van der Waals surface area (Å²) in [6.45, 7) is 3.63. The number of pyridine rings is 1. The van der Waals surface area contributed by atoms with Crippen molar-refractivity contribution in [3.8, 4) is 0 Å². The van der Waals surface area contributed by atoms with E-state index in [4.69, 9.17) is 0 Å². The van der Waals surface area contributed by atoms with E-state index >= 15 is 0 Å². The maximum atomic E-state index is 14.1. The van der Waals surface area contributed by atoms with Crippen molar-refractivity contribution in [1.82, 2.24) is 4.98 Å². The van der Waals surface area contributed by atoms with Crippen LogP contribution in [0, 0.1) is 17.5 Å². The van der Waals surface area contributed by atoms with Gasteiger partial charge in [0, 0.05) is 12.2 Å². The average molecular weight is 293 g/mol. The summed E-state index contributed by atoms with van der Waals surface area (Å²) < 4.78 is 41.2. The van der Waals surface area contributed by atoms with Gasteiger partial charge in [-0.25, -0.2) is 13.2 Å². The standard InChI is InChI=1S/C16H12F3NO.H2/c1-7(2)9-5-11-10(6-13(9)18)8-3-4-12(17)14(19)15(8)20-16(11)21;/h3-7H,1-2H3,(H,20,21);1H. The molecule has 0 radical (unpaired) electrons. The first kappa shape index (κ1) is 13.7. The van der Waals surface area contributed by atoms with Crippen LogP contribution in [-0.2, 0) is 0 Å². The molecule has 5 heteroatoms. The molecule has 0 aliphatic carbocycles. The van der Waals surface area contributed by atoms with E-state index in [0.29, 0.717) is 5.56 Å². The maximum Gasteiger partial charge on any atom is 0.256 e. The second kappa shape index (κ2) is 4.62. The highest BCUT2D eigenvalue weighted by Crippen LogP contribution is 2.28. The van der Waals surface area contributed by atoms with E-state index in [1.807, 2.05) is 13.8 Å². The molecular formula is C16H14F3NO. The van der Waals surface area contributed by atoms with Crippen molar-refractivity contribution >= 4 is 21.7 Å². The normalized spacial score (nSPS) is 11.7. The Kier molecular flexibility index (Phi) is 3.01. The van der Waals surface area contributed by atoms with E-state index in [9.17, 15) is 18.0 Å². The first-order chi connectivity index (χ1) is 9.90. The number of benzene rings is 2. The maximum absolute atomic E-state index is 14.1. The molecule has 0 amide bonds. The van der Waals surface area contributed by atoms with E-state index in [1.54, 1.807) is 0 Å². The van der Waals surface area contributed by atoms with Crippen LogP contribution < -0.4 is 5.56 Å². The number of hydrogen-bond donors (Lipinski definition) is 1. The number of fused-ring (bicyclic) bond motifs is 3. The summed E-state index contributed by atoms with van der Waals surface area (Å²) in [7, 11) is 0. The molecular weight excluding hydrogens is 279 g/mol. The van der Waals surface area contributed by atoms with Crippen LogP contribution in [0.25, 0.3) is 21.7 Å². The first-order valence-electron chi connectivity index (χ1n) is 6.53. The minimum Gasteiger partial charge on any atom is -0.319 e. The van der Waals surface area contributed by atoms with Crippen LogP contribution >= 0.6 is 0 Å². The molecule has 0 saturated heterocycles. The summed E-state index contributed by atoms with van der Waals surface area (Å²) >= 11 is 0. The van der Waals surface area contributed by atoms with Crippen LogP contribution in [-0.4, -0.2) is 4.98 Å². The zero-order chi connectivity index (χ0) is 15.3. The lowest BCUT2D eigenvalue weighted by Gasteiger charge is -2.10. The number of aromatic amines is 1. The number of halogens is 3. The zero-order valence-corrected chi connectivity index (χ0v) is 11.4. The minimum absolute atomic E-state index is 0. The van der Waals surface area contributed by atoms with Crippen LogP contribution in [0.3, 0.4) is 0 Å². The van der Waals surface area contributed by atoms with Crippen LogP contribution in [0.2, 0.25) is 0 Å². The Bertz CT molecular complexity index is 934. The molecule has 1 heterocycles. The number of rotatable bonds is 1. The molecule has 0 unspecified atom stereocenters. The predicted molar refractivity (Wildman–Crippen MR) is 78.2 cm³/mol. The van der Waals surface area contributed by atoms with Gasteiger partial charge in [-0.15, -0.1) is 0 Å². The number of aromatic nitrogens is 1. The van der Waals surface area contributed by atoms with Gasteiger partial charge in [-0.1, -0.05) is 13.8 Å². The van der Waals surface area contributed by atoms with Gasteiger partial charge in [0.25, 0.3) is 5.56 Å². The monoisotopic (exact) mass is 293 g/mol. The molecule has 0 bridgehead atoms. The zero-order valence-electron chi connectivity index (χ0n) is 11.4. The van der Waals surface area contributed by atoms with Gasteiger partial charge in [-0.05, 0) is 41.1 Å². The highest BCUT2D eigenvalue weighted by atomic mass is 19.2. The summed E-state index contributed by atoms with van der Waals surface area (Å²) in [5, 5.41) is 0.811. The summed E-state index contributed by atoms with van der Waals surface area (Å²) in [4.78, 5) is 14.4. The van der Waals surface area contributed by atoms with Gasteiger partial charge in [0.15, 0.2) is 11.6 Å². The molecule has 0 spiro atoms. The van der Waals surface area contributed by atoms with Gasteiger partial charge in [-0.3, -0.25) is 4.79 Å². The quantitative estimate of drug-likeness (QED) is 0.660. The Morgan fingerprint density at radius 2 is 1.71 bits per heavy atom.